The van der Waals surface area contributed by atoms with Crippen molar-refractivity contribution in [2.45, 2.75) is 19.3 Å². The predicted octanol–water partition coefficient (Wildman–Crippen LogP) is 2.67. The Morgan fingerprint density at radius 3 is 2.61 bits per heavy atom. The van der Waals surface area contributed by atoms with E-state index in [1.54, 1.807) is 12.1 Å². The van der Waals surface area contributed by atoms with Gasteiger partial charge in [0.25, 0.3) is 0 Å². The highest BCUT2D eigenvalue weighted by molar-refractivity contribution is 5.89. The van der Waals surface area contributed by atoms with Crippen LogP contribution in [0.3, 0.4) is 0 Å². The molecule has 3 aromatic rings. The summed E-state index contributed by atoms with van der Waals surface area (Å²) in [6.45, 7) is 0.404. The van der Waals surface area contributed by atoms with Gasteiger partial charge in [0.2, 0.25) is 5.88 Å². The zero-order chi connectivity index (χ0) is 16.6. The number of methoxy groups -OCH3 is 1. The summed E-state index contributed by atoms with van der Waals surface area (Å²) in [5, 5.41) is 18.3. The Morgan fingerprint density at radius 2 is 1.96 bits per heavy atom. The van der Waals surface area contributed by atoms with Crippen LogP contribution in [0.4, 0.5) is 13.2 Å². The number of alkyl halides is 3. The van der Waals surface area contributed by atoms with Gasteiger partial charge in [0.05, 0.1) is 25.6 Å². The van der Waals surface area contributed by atoms with Crippen molar-refractivity contribution in [1.29, 1.82) is 0 Å². The average Bonchev–Trinajstić information content (AvgIpc) is 3.09. The second-order valence-electron chi connectivity index (χ2n) is 4.87. The number of aromatic hydroxyl groups is 1. The average molecular weight is 326 g/mol. The van der Waals surface area contributed by atoms with Crippen molar-refractivity contribution in [2.24, 2.45) is 0 Å². The van der Waals surface area contributed by atoms with Crippen molar-refractivity contribution in [3.63, 3.8) is 0 Å². The van der Waals surface area contributed by atoms with Crippen LogP contribution in [0, 0.1) is 0 Å². The molecule has 1 aromatic carbocycles. The minimum Gasteiger partial charge on any atom is -0.506 e. The third-order valence-electron chi connectivity index (χ3n) is 3.38. The lowest BCUT2D eigenvalue weighted by molar-refractivity contribution is -0.141. The van der Waals surface area contributed by atoms with Gasteiger partial charge in [-0.1, -0.05) is 6.07 Å². The van der Waals surface area contributed by atoms with Gasteiger partial charge >= 0.3 is 6.18 Å². The zero-order valence-electron chi connectivity index (χ0n) is 12.1. The highest BCUT2D eigenvalue weighted by Gasteiger charge is 2.33. The molecule has 0 fully saturated rings. The van der Waals surface area contributed by atoms with E-state index in [-0.39, 0.29) is 18.8 Å². The fraction of sp³-hybridized carbons (Fsp3) is 0.286. The summed E-state index contributed by atoms with van der Waals surface area (Å²) in [4.78, 5) is 0. The molecule has 0 aliphatic rings. The number of ether oxygens (including phenoxy) is 1. The molecular formula is C14H13F3N4O2. The Kier molecular flexibility index (Phi) is 3.63. The number of benzene rings is 1. The summed E-state index contributed by atoms with van der Waals surface area (Å²) in [5.41, 5.74) is -0.476. The molecule has 0 aliphatic carbocycles. The number of nitrogens with zero attached hydrogens (tertiary/aromatic N) is 4. The monoisotopic (exact) mass is 326 g/mol. The van der Waals surface area contributed by atoms with E-state index in [2.05, 4.69) is 10.2 Å². The van der Waals surface area contributed by atoms with Crippen LogP contribution in [0.15, 0.2) is 30.5 Å². The van der Waals surface area contributed by atoms with Crippen molar-refractivity contribution in [2.75, 3.05) is 7.11 Å². The Balaban J connectivity index is 1.86. The van der Waals surface area contributed by atoms with Gasteiger partial charge in [-0.05, 0) is 18.2 Å². The number of hydrogen-bond acceptors (Lipinski definition) is 4. The molecule has 2 aromatic heterocycles. The molecule has 0 spiro atoms. The maximum absolute atomic E-state index is 12.5. The van der Waals surface area contributed by atoms with Crippen molar-refractivity contribution >= 4 is 10.9 Å². The van der Waals surface area contributed by atoms with Crippen LogP contribution in [0.5, 0.6) is 11.6 Å². The smallest absolute Gasteiger partial charge is 0.435 e. The molecular weight excluding hydrogens is 313 g/mol. The van der Waals surface area contributed by atoms with Crippen molar-refractivity contribution in [3.8, 4) is 11.6 Å². The summed E-state index contributed by atoms with van der Waals surface area (Å²) in [6, 6.07) is 5.83. The first-order valence-electron chi connectivity index (χ1n) is 6.73. The molecule has 0 amide bonds. The molecule has 23 heavy (non-hydrogen) atoms. The van der Waals surface area contributed by atoms with Crippen LogP contribution in [-0.2, 0) is 19.3 Å². The number of hydrogen-bond donors (Lipinski definition) is 1. The summed E-state index contributed by atoms with van der Waals surface area (Å²) >= 11 is 0. The number of aromatic nitrogens is 4. The van der Waals surface area contributed by atoms with E-state index in [1.165, 1.54) is 28.7 Å². The number of aryl methyl sites for hydroxylation is 2. The molecule has 9 heteroatoms. The van der Waals surface area contributed by atoms with Gasteiger partial charge in [-0.2, -0.15) is 18.3 Å². The van der Waals surface area contributed by atoms with Gasteiger partial charge < -0.3 is 9.84 Å². The highest BCUT2D eigenvalue weighted by atomic mass is 19.4. The highest BCUT2D eigenvalue weighted by Crippen LogP contribution is 2.31. The third kappa shape index (κ3) is 2.81. The lowest BCUT2D eigenvalue weighted by Gasteiger charge is -2.05. The molecule has 0 atom stereocenters. The molecule has 3 rings (SSSR count). The standard InChI is InChI=1S/C14H13F3N4O2/c1-23-13-9-3-2-4-10(22)12(9)21(19-13)8-7-20-6-5-11(18-20)14(15,16)17/h2-6,22H,7-8H2,1H3. The first-order chi connectivity index (χ1) is 10.9. The van der Waals surface area contributed by atoms with E-state index in [9.17, 15) is 18.3 Å². The van der Waals surface area contributed by atoms with E-state index in [0.29, 0.717) is 16.8 Å². The number of rotatable bonds is 4. The number of para-hydroxylation sites is 1. The molecule has 0 radical (unpaired) electrons. The number of phenolic OH excluding ortho intramolecular Hbond substituents is 1. The number of phenols is 1. The SMILES string of the molecule is COc1nn(CCn2ccc(C(F)(F)F)n2)c2c(O)cccc12. The van der Waals surface area contributed by atoms with Gasteiger partial charge in [0.1, 0.15) is 11.3 Å². The predicted molar refractivity (Wildman–Crippen MR) is 75.2 cm³/mol. The van der Waals surface area contributed by atoms with E-state index in [0.717, 1.165) is 6.07 Å². The fourth-order valence-electron chi connectivity index (χ4n) is 2.34. The van der Waals surface area contributed by atoms with Crippen LogP contribution >= 0.6 is 0 Å². The second-order valence-corrected chi connectivity index (χ2v) is 4.87. The molecule has 0 unspecified atom stereocenters. The second kappa shape index (κ2) is 5.49. The van der Waals surface area contributed by atoms with Gasteiger partial charge in [-0.25, -0.2) is 0 Å². The van der Waals surface area contributed by atoms with Gasteiger partial charge in [0.15, 0.2) is 5.69 Å². The maximum Gasteiger partial charge on any atom is 0.435 e. The quantitative estimate of drug-likeness (QED) is 0.800. The largest absolute Gasteiger partial charge is 0.506 e. The Labute approximate surface area is 128 Å². The Morgan fingerprint density at radius 1 is 1.17 bits per heavy atom. The minimum absolute atomic E-state index is 0.0229. The molecule has 0 saturated carbocycles. The van der Waals surface area contributed by atoms with E-state index < -0.39 is 11.9 Å². The lowest BCUT2D eigenvalue weighted by atomic mass is 10.2. The van der Waals surface area contributed by atoms with E-state index in [4.69, 9.17) is 4.74 Å². The minimum atomic E-state index is -4.47. The summed E-state index contributed by atoms with van der Waals surface area (Å²) in [5.74, 6) is 0.363. The number of halogens is 3. The van der Waals surface area contributed by atoms with Gasteiger partial charge in [-0.3, -0.25) is 9.36 Å². The molecule has 1 N–H and O–H groups in total. The van der Waals surface area contributed by atoms with E-state index in [1.807, 2.05) is 0 Å². The van der Waals surface area contributed by atoms with Crippen molar-refractivity contribution in [1.82, 2.24) is 19.6 Å². The van der Waals surface area contributed by atoms with Crippen LogP contribution in [0.25, 0.3) is 10.9 Å². The van der Waals surface area contributed by atoms with Crippen molar-refractivity contribution in [3.05, 3.63) is 36.2 Å². The first kappa shape index (κ1) is 15.2. The summed E-state index contributed by atoms with van der Waals surface area (Å²) in [7, 11) is 1.46. The van der Waals surface area contributed by atoms with E-state index >= 15 is 0 Å². The first-order valence-corrected chi connectivity index (χ1v) is 6.73. The summed E-state index contributed by atoms with van der Waals surface area (Å²) in [6.07, 6.45) is -3.21. The number of fused-ring (bicyclic) bond motifs is 1. The van der Waals surface area contributed by atoms with Crippen LogP contribution in [-0.4, -0.2) is 31.8 Å². The third-order valence-corrected chi connectivity index (χ3v) is 3.38. The van der Waals surface area contributed by atoms with Crippen LogP contribution in [0.1, 0.15) is 5.69 Å². The van der Waals surface area contributed by atoms with Crippen molar-refractivity contribution < 1.29 is 23.0 Å². The molecule has 2 heterocycles. The van der Waals surface area contributed by atoms with Gasteiger partial charge in [-0.15, -0.1) is 5.10 Å². The molecule has 0 aliphatic heterocycles. The lowest BCUT2D eigenvalue weighted by Crippen LogP contribution is -2.11. The van der Waals surface area contributed by atoms with Crippen LogP contribution in [0.2, 0.25) is 0 Å². The summed E-state index contributed by atoms with van der Waals surface area (Å²) < 4.78 is 45.4. The van der Waals surface area contributed by atoms with Gasteiger partial charge in [0, 0.05) is 6.20 Å². The molecule has 122 valence electrons. The fourth-order valence-corrected chi connectivity index (χ4v) is 2.34. The molecule has 0 saturated heterocycles. The Hall–Kier alpha value is -2.71. The maximum atomic E-state index is 12.5. The zero-order valence-corrected chi connectivity index (χ0v) is 12.1. The normalized spacial score (nSPS) is 12.0. The van der Waals surface area contributed by atoms with Crippen LogP contribution < -0.4 is 4.74 Å². The topological polar surface area (TPSA) is 65.1 Å². The molecule has 6 nitrogen and oxygen atoms in total. The molecule has 0 bridgehead atoms. The Bertz CT molecular complexity index is 838.